The summed E-state index contributed by atoms with van der Waals surface area (Å²) in [7, 11) is 0. The van der Waals surface area contributed by atoms with Crippen molar-refractivity contribution in [3.05, 3.63) is 70.3 Å². The maximum absolute atomic E-state index is 11.9. The Morgan fingerprint density at radius 1 is 1.08 bits per heavy atom. The van der Waals surface area contributed by atoms with E-state index < -0.39 is 5.63 Å². The standard InChI is InChI=1S/C20H15NO4/c1-11-10-16(22)25-20-14(11)8-9-15-18(20)17(13-6-4-3-5-7-13)19(24-15)12(2)21-23/h3-10,23H,1-2H3/b21-12-. The maximum Gasteiger partial charge on any atom is 0.336 e. The Morgan fingerprint density at radius 2 is 1.84 bits per heavy atom. The number of nitrogens with zero attached hydrogens (tertiary/aromatic N) is 1. The quantitative estimate of drug-likeness (QED) is 0.249. The molecule has 0 spiro atoms. The minimum Gasteiger partial charge on any atom is -0.454 e. The molecule has 0 fully saturated rings. The zero-order valence-corrected chi connectivity index (χ0v) is 13.7. The molecule has 0 saturated heterocycles. The summed E-state index contributed by atoms with van der Waals surface area (Å²) < 4.78 is 11.5. The lowest BCUT2D eigenvalue weighted by atomic mass is 9.98. The molecule has 0 aliphatic rings. The third kappa shape index (κ3) is 2.32. The largest absolute Gasteiger partial charge is 0.454 e. The zero-order valence-electron chi connectivity index (χ0n) is 13.7. The lowest BCUT2D eigenvalue weighted by Gasteiger charge is -2.05. The third-order valence-corrected chi connectivity index (χ3v) is 4.31. The van der Waals surface area contributed by atoms with Gasteiger partial charge in [-0.3, -0.25) is 0 Å². The monoisotopic (exact) mass is 333 g/mol. The molecule has 4 aromatic rings. The SMILES string of the molecule is C/C(=N/O)c1oc2ccc3c(C)cc(=O)oc3c2c1-c1ccccc1. The van der Waals surface area contributed by atoms with Crippen molar-refractivity contribution in [3.8, 4) is 11.1 Å². The van der Waals surface area contributed by atoms with Crippen LogP contribution < -0.4 is 5.63 Å². The molecule has 2 aromatic heterocycles. The molecule has 124 valence electrons. The highest BCUT2D eigenvalue weighted by Crippen LogP contribution is 2.39. The van der Waals surface area contributed by atoms with Gasteiger partial charge in [-0.15, -0.1) is 0 Å². The van der Waals surface area contributed by atoms with Crippen molar-refractivity contribution >= 4 is 27.7 Å². The molecule has 0 atom stereocenters. The molecular formula is C20H15NO4. The van der Waals surface area contributed by atoms with Gasteiger partial charge in [0.2, 0.25) is 0 Å². The molecule has 2 heterocycles. The lowest BCUT2D eigenvalue weighted by Crippen LogP contribution is -1.98. The van der Waals surface area contributed by atoms with Crippen molar-refractivity contribution in [2.45, 2.75) is 13.8 Å². The summed E-state index contributed by atoms with van der Waals surface area (Å²) in [4.78, 5) is 11.9. The summed E-state index contributed by atoms with van der Waals surface area (Å²) in [6.45, 7) is 3.53. The van der Waals surface area contributed by atoms with Gasteiger partial charge in [0.05, 0.1) is 5.39 Å². The second-order valence-electron chi connectivity index (χ2n) is 5.92. The lowest BCUT2D eigenvalue weighted by molar-refractivity contribution is 0.318. The number of oxime groups is 1. The van der Waals surface area contributed by atoms with Crippen molar-refractivity contribution in [1.82, 2.24) is 0 Å². The van der Waals surface area contributed by atoms with Gasteiger partial charge in [0, 0.05) is 17.0 Å². The molecule has 0 aliphatic carbocycles. The van der Waals surface area contributed by atoms with Gasteiger partial charge in [-0.25, -0.2) is 4.79 Å². The predicted octanol–water partition coefficient (Wildman–Crippen LogP) is 4.71. The van der Waals surface area contributed by atoms with Gasteiger partial charge in [-0.2, -0.15) is 0 Å². The molecule has 5 heteroatoms. The van der Waals surface area contributed by atoms with Crippen molar-refractivity contribution in [2.24, 2.45) is 5.16 Å². The van der Waals surface area contributed by atoms with E-state index in [-0.39, 0.29) is 0 Å². The van der Waals surface area contributed by atoms with Crippen molar-refractivity contribution in [3.63, 3.8) is 0 Å². The van der Waals surface area contributed by atoms with Gasteiger partial charge in [0.25, 0.3) is 0 Å². The van der Waals surface area contributed by atoms with Gasteiger partial charge in [-0.1, -0.05) is 35.5 Å². The molecule has 0 radical (unpaired) electrons. The molecule has 1 N–H and O–H groups in total. The summed E-state index contributed by atoms with van der Waals surface area (Å²) in [5.74, 6) is 0.445. The van der Waals surface area contributed by atoms with Crippen molar-refractivity contribution in [2.75, 3.05) is 0 Å². The van der Waals surface area contributed by atoms with Crippen LogP contribution in [0.5, 0.6) is 0 Å². The van der Waals surface area contributed by atoms with E-state index in [2.05, 4.69) is 5.16 Å². The van der Waals surface area contributed by atoms with Crippen LogP contribution in [0.1, 0.15) is 18.2 Å². The number of fused-ring (bicyclic) bond motifs is 3. The summed E-state index contributed by atoms with van der Waals surface area (Å²) in [5.41, 5.74) is 3.44. The molecule has 0 unspecified atom stereocenters. The van der Waals surface area contributed by atoms with E-state index in [9.17, 15) is 10.0 Å². The number of furan rings is 1. The average Bonchev–Trinajstić information content (AvgIpc) is 3.01. The Bertz CT molecular complexity index is 1180. The van der Waals surface area contributed by atoms with Crippen molar-refractivity contribution in [1.29, 1.82) is 0 Å². The number of benzene rings is 2. The number of hydrogen-bond donors (Lipinski definition) is 1. The van der Waals surface area contributed by atoms with Crippen LogP contribution in [-0.2, 0) is 0 Å². The molecular weight excluding hydrogens is 318 g/mol. The molecule has 2 aromatic carbocycles. The predicted molar refractivity (Wildman–Crippen MR) is 96.4 cm³/mol. The first-order chi connectivity index (χ1) is 12.1. The molecule has 4 rings (SSSR count). The highest BCUT2D eigenvalue weighted by molar-refractivity contribution is 6.17. The topological polar surface area (TPSA) is 75.9 Å². The van der Waals surface area contributed by atoms with Crippen molar-refractivity contribution < 1.29 is 14.0 Å². The van der Waals surface area contributed by atoms with Crippen LogP contribution in [0.25, 0.3) is 33.1 Å². The number of hydrogen-bond acceptors (Lipinski definition) is 5. The highest BCUT2D eigenvalue weighted by Gasteiger charge is 2.22. The van der Waals surface area contributed by atoms with Gasteiger partial charge in [-0.05, 0) is 37.1 Å². The Labute approximate surface area is 142 Å². The first-order valence-electron chi connectivity index (χ1n) is 7.84. The number of aryl methyl sites for hydroxylation is 1. The fourth-order valence-corrected chi connectivity index (χ4v) is 3.14. The van der Waals surface area contributed by atoms with Crippen LogP contribution in [0, 0.1) is 6.92 Å². The molecule has 0 amide bonds. The highest BCUT2D eigenvalue weighted by atomic mass is 16.4. The first kappa shape index (κ1) is 15.2. The van der Waals surface area contributed by atoms with Crippen LogP contribution in [0.3, 0.4) is 0 Å². The zero-order chi connectivity index (χ0) is 17.6. The van der Waals surface area contributed by atoms with Gasteiger partial charge in [0.15, 0.2) is 5.76 Å². The Balaban J connectivity index is 2.26. The van der Waals surface area contributed by atoms with E-state index in [1.807, 2.05) is 49.4 Å². The second-order valence-corrected chi connectivity index (χ2v) is 5.92. The molecule has 5 nitrogen and oxygen atoms in total. The van der Waals surface area contributed by atoms with Crippen LogP contribution >= 0.6 is 0 Å². The van der Waals surface area contributed by atoms with Gasteiger partial charge < -0.3 is 14.0 Å². The molecule has 0 bridgehead atoms. The third-order valence-electron chi connectivity index (χ3n) is 4.31. The molecule has 0 aliphatic heterocycles. The minimum atomic E-state index is -0.410. The smallest absolute Gasteiger partial charge is 0.336 e. The minimum absolute atomic E-state index is 0.346. The van der Waals surface area contributed by atoms with Crippen LogP contribution in [0.4, 0.5) is 0 Å². The number of rotatable bonds is 2. The Kier molecular flexibility index (Phi) is 3.42. The van der Waals surface area contributed by atoms with Crippen LogP contribution in [0.15, 0.2) is 67.3 Å². The fourth-order valence-electron chi connectivity index (χ4n) is 3.14. The maximum atomic E-state index is 11.9. The van der Waals surface area contributed by atoms with E-state index in [1.165, 1.54) is 6.07 Å². The normalized spacial score (nSPS) is 12.2. The van der Waals surface area contributed by atoms with E-state index in [0.29, 0.717) is 28.0 Å². The summed E-state index contributed by atoms with van der Waals surface area (Å²) in [6.07, 6.45) is 0. The van der Waals surface area contributed by atoms with Crippen LogP contribution in [0.2, 0.25) is 0 Å². The average molecular weight is 333 g/mol. The van der Waals surface area contributed by atoms with E-state index >= 15 is 0 Å². The van der Waals surface area contributed by atoms with Crippen LogP contribution in [-0.4, -0.2) is 10.9 Å². The summed E-state index contributed by atoms with van der Waals surface area (Å²) in [6, 6.07) is 14.8. The van der Waals surface area contributed by atoms with E-state index in [0.717, 1.165) is 22.1 Å². The summed E-state index contributed by atoms with van der Waals surface area (Å²) in [5, 5.41) is 14.1. The molecule has 0 saturated carbocycles. The van der Waals surface area contributed by atoms with Gasteiger partial charge in [0.1, 0.15) is 16.9 Å². The Morgan fingerprint density at radius 3 is 2.56 bits per heavy atom. The molecule has 25 heavy (non-hydrogen) atoms. The van der Waals surface area contributed by atoms with Gasteiger partial charge >= 0.3 is 5.63 Å². The Hall–Kier alpha value is -3.34. The van der Waals surface area contributed by atoms with E-state index in [1.54, 1.807) is 6.92 Å². The first-order valence-corrected chi connectivity index (χ1v) is 7.84. The summed E-state index contributed by atoms with van der Waals surface area (Å²) >= 11 is 0. The fraction of sp³-hybridized carbons (Fsp3) is 0.100. The van der Waals surface area contributed by atoms with E-state index in [4.69, 9.17) is 8.83 Å². The second kappa shape index (κ2) is 5.63.